The molecular formula is C10H12ClN3O. The predicted octanol–water partition coefficient (Wildman–Crippen LogP) is 2.09. The minimum Gasteiger partial charge on any atom is -0.496 e. The summed E-state index contributed by atoms with van der Waals surface area (Å²) in [6, 6.07) is 7.66. The number of nitrogens with zero attached hydrogens (tertiary/aromatic N) is 1. The quantitative estimate of drug-likeness (QED) is 0.823. The van der Waals surface area contributed by atoms with Gasteiger partial charge in [-0.3, -0.25) is 5.10 Å². The van der Waals surface area contributed by atoms with Gasteiger partial charge in [-0.15, -0.1) is 12.4 Å². The Morgan fingerprint density at radius 3 is 2.67 bits per heavy atom. The Kier molecular flexibility index (Phi) is 3.57. The highest BCUT2D eigenvalue weighted by Crippen LogP contribution is 2.31. The Hall–Kier alpha value is -1.68. The van der Waals surface area contributed by atoms with Crippen molar-refractivity contribution in [3.63, 3.8) is 0 Å². The molecule has 2 rings (SSSR count). The number of rotatable bonds is 2. The summed E-state index contributed by atoms with van der Waals surface area (Å²) >= 11 is 0. The highest BCUT2D eigenvalue weighted by Gasteiger charge is 2.08. The number of nitrogens with one attached hydrogen (secondary N) is 1. The Bertz CT molecular complexity index is 442. The van der Waals surface area contributed by atoms with Crippen molar-refractivity contribution in [1.82, 2.24) is 10.2 Å². The number of methoxy groups -OCH3 is 1. The number of aromatic nitrogens is 2. The van der Waals surface area contributed by atoms with Gasteiger partial charge in [-0.1, -0.05) is 12.1 Å². The first kappa shape index (κ1) is 11.4. The highest BCUT2D eigenvalue weighted by molar-refractivity contribution is 5.85. The predicted molar refractivity (Wildman–Crippen MR) is 62.2 cm³/mol. The van der Waals surface area contributed by atoms with Gasteiger partial charge in [0.15, 0.2) is 0 Å². The maximum Gasteiger partial charge on any atom is 0.128 e. The number of anilines is 1. The van der Waals surface area contributed by atoms with Gasteiger partial charge in [0.2, 0.25) is 0 Å². The van der Waals surface area contributed by atoms with E-state index in [1.165, 1.54) is 0 Å². The largest absolute Gasteiger partial charge is 0.496 e. The van der Waals surface area contributed by atoms with Gasteiger partial charge in [0, 0.05) is 5.56 Å². The van der Waals surface area contributed by atoms with Crippen molar-refractivity contribution in [2.45, 2.75) is 0 Å². The first-order valence-electron chi connectivity index (χ1n) is 4.25. The van der Waals surface area contributed by atoms with E-state index in [0.29, 0.717) is 5.69 Å². The number of H-pyrrole nitrogens is 1. The van der Waals surface area contributed by atoms with E-state index in [1.807, 2.05) is 24.3 Å². The topological polar surface area (TPSA) is 63.9 Å². The molecule has 0 saturated carbocycles. The number of nitrogen functional groups attached to an aromatic ring is 1. The summed E-state index contributed by atoms with van der Waals surface area (Å²) in [6.45, 7) is 0. The van der Waals surface area contributed by atoms with Crippen LogP contribution in [0.25, 0.3) is 11.3 Å². The van der Waals surface area contributed by atoms with E-state index in [4.69, 9.17) is 10.5 Å². The van der Waals surface area contributed by atoms with Crippen LogP contribution in [0, 0.1) is 0 Å². The summed E-state index contributed by atoms with van der Waals surface area (Å²) in [7, 11) is 1.63. The number of aromatic amines is 1. The molecule has 80 valence electrons. The van der Waals surface area contributed by atoms with Crippen LogP contribution in [0.4, 0.5) is 5.69 Å². The first-order valence-corrected chi connectivity index (χ1v) is 4.25. The maximum absolute atomic E-state index is 5.75. The molecule has 0 atom stereocenters. The number of nitrogens with two attached hydrogens (primary N) is 1. The molecule has 0 spiro atoms. The monoisotopic (exact) mass is 225 g/mol. The zero-order valence-electron chi connectivity index (χ0n) is 8.23. The third kappa shape index (κ3) is 2.05. The number of hydrogen-bond acceptors (Lipinski definition) is 3. The van der Waals surface area contributed by atoms with Gasteiger partial charge in [-0.2, -0.15) is 5.10 Å². The van der Waals surface area contributed by atoms with Gasteiger partial charge in [0.05, 0.1) is 24.7 Å². The van der Waals surface area contributed by atoms with Crippen LogP contribution in [-0.2, 0) is 0 Å². The summed E-state index contributed by atoms with van der Waals surface area (Å²) in [5.74, 6) is 0.781. The average Bonchev–Trinajstić information content (AvgIpc) is 2.64. The molecule has 4 nitrogen and oxygen atoms in total. The lowest BCUT2D eigenvalue weighted by atomic mass is 10.1. The van der Waals surface area contributed by atoms with Crippen LogP contribution in [0.5, 0.6) is 5.75 Å². The second-order valence-electron chi connectivity index (χ2n) is 2.90. The zero-order valence-corrected chi connectivity index (χ0v) is 9.04. The van der Waals surface area contributed by atoms with Crippen molar-refractivity contribution < 1.29 is 4.74 Å². The van der Waals surface area contributed by atoms with Gasteiger partial charge >= 0.3 is 0 Å². The SMILES string of the molecule is COc1ccccc1-c1[nH]ncc1N.Cl. The van der Waals surface area contributed by atoms with Crippen LogP contribution in [-0.4, -0.2) is 17.3 Å². The molecule has 0 fully saturated rings. The molecule has 1 aromatic carbocycles. The Balaban J connectivity index is 0.00000112. The molecule has 0 aliphatic heterocycles. The molecule has 0 bridgehead atoms. The number of ether oxygens (including phenoxy) is 1. The molecule has 5 heteroatoms. The van der Waals surface area contributed by atoms with Gasteiger partial charge in [-0.25, -0.2) is 0 Å². The molecule has 1 aromatic heterocycles. The number of para-hydroxylation sites is 1. The van der Waals surface area contributed by atoms with Crippen LogP contribution in [0.1, 0.15) is 0 Å². The Labute approximate surface area is 93.9 Å². The summed E-state index contributed by atoms with van der Waals surface area (Å²) in [5, 5.41) is 6.71. The van der Waals surface area contributed by atoms with Crippen molar-refractivity contribution in [2.24, 2.45) is 0 Å². The van der Waals surface area contributed by atoms with Crippen LogP contribution in [0.2, 0.25) is 0 Å². The summed E-state index contributed by atoms with van der Waals surface area (Å²) in [6.07, 6.45) is 1.59. The third-order valence-corrected chi connectivity index (χ3v) is 2.04. The number of halogens is 1. The number of benzene rings is 1. The number of hydrogen-bond donors (Lipinski definition) is 2. The van der Waals surface area contributed by atoms with Crippen molar-refractivity contribution in [3.05, 3.63) is 30.5 Å². The fourth-order valence-electron chi connectivity index (χ4n) is 1.36. The van der Waals surface area contributed by atoms with E-state index in [0.717, 1.165) is 17.0 Å². The van der Waals surface area contributed by atoms with Crippen molar-refractivity contribution >= 4 is 18.1 Å². The van der Waals surface area contributed by atoms with E-state index >= 15 is 0 Å². The average molecular weight is 226 g/mol. The summed E-state index contributed by atoms with van der Waals surface area (Å²) < 4.78 is 5.22. The molecule has 0 radical (unpaired) electrons. The zero-order chi connectivity index (χ0) is 9.97. The molecule has 0 amide bonds. The van der Waals surface area contributed by atoms with E-state index in [9.17, 15) is 0 Å². The van der Waals surface area contributed by atoms with Crippen molar-refractivity contribution in [3.8, 4) is 17.0 Å². The minimum absolute atomic E-state index is 0. The van der Waals surface area contributed by atoms with Crippen LogP contribution >= 0.6 is 12.4 Å². The Morgan fingerprint density at radius 1 is 1.33 bits per heavy atom. The molecule has 15 heavy (non-hydrogen) atoms. The molecule has 1 heterocycles. The smallest absolute Gasteiger partial charge is 0.128 e. The molecular weight excluding hydrogens is 214 g/mol. The Morgan fingerprint density at radius 2 is 2.07 bits per heavy atom. The van der Waals surface area contributed by atoms with Gasteiger partial charge < -0.3 is 10.5 Å². The normalized spacial score (nSPS) is 9.40. The fraction of sp³-hybridized carbons (Fsp3) is 0.100. The van der Waals surface area contributed by atoms with Crippen LogP contribution in [0.15, 0.2) is 30.5 Å². The van der Waals surface area contributed by atoms with Crippen molar-refractivity contribution in [2.75, 3.05) is 12.8 Å². The lowest BCUT2D eigenvalue weighted by Gasteiger charge is -2.06. The molecule has 2 aromatic rings. The standard InChI is InChI=1S/C10H11N3O.ClH/c1-14-9-5-3-2-4-7(9)10-8(11)6-12-13-10;/h2-6H,11H2,1H3,(H,12,13);1H. The molecule has 0 aliphatic rings. The van der Waals surface area contributed by atoms with Crippen LogP contribution in [0.3, 0.4) is 0 Å². The fourth-order valence-corrected chi connectivity index (χ4v) is 1.36. The van der Waals surface area contributed by atoms with Crippen molar-refractivity contribution in [1.29, 1.82) is 0 Å². The molecule has 0 unspecified atom stereocenters. The molecule has 0 aliphatic carbocycles. The van der Waals surface area contributed by atoms with E-state index in [2.05, 4.69) is 10.2 Å². The molecule has 0 saturated heterocycles. The van der Waals surface area contributed by atoms with Gasteiger partial charge in [-0.05, 0) is 12.1 Å². The van der Waals surface area contributed by atoms with E-state index < -0.39 is 0 Å². The highest BCUT2D eigenvalue weighted by atomic mass is 35.5. The van der Waals surface area contributed by atoms with Gasteiger partial charge in [0.25, 0.3) is 0 Å². The molecule has 3 N–H and O–H groups in total. The van der Waals surface area contributed by atoms with E-state index in [-0.39, 0.29) is 12.4 Å². The second-order valence-corrected chi connectivity index (χ2v) is 2.90. The lowest BCUT2D eigenvalue weighted by molar-refractivity contribution is 0.416. The third-order valence-electron chi connectivity index (χ3n) is 2.04. The summed E-state index contributed by atoms with van der Waals surface area (Å²) in [5.41, 5.74) is 8.08. The minimum atomic E-state index is 0. The van der Waals surface area contributed by atoms with Gasteiger partial charge in [0.1, 0.15) is 5.75 Å². The summed E-state index contributed by atoms with van der Waals surface area (Å²) in [4.78, 5) is 0. The lowest BCUT2D eigenvalue weighted by Crippen LogP contribution is -1.90. The second kappa shape index (κ2) is 4.70. The first-order chi connectivity index (χ1) is 6.83. The van der Waals surface area contributed by atoms with Crippen LogP contribution < -0.4 is 10.5 Å². The maximum atomic E-state index is 5.75. The van der Waals surface area contributed by atoms with E-state index in [1.54, 1.807) is 13.3 Å².